The van der Waals surface area contributed by atoms with Gasteiger partial charge in [-0.15, -0.1) is 0 Å². The molecule has 0 unspecified atom stereocenters. The predicted molar refractivity (Wildman–Crippen MR) is 49.6 cm³/mol. The van der Waals surface area contributed by atoms with Gasteiger partial charge in [0.15, 0.2) is 0 Å². The maximum Gasteiger partial charge on any atom is 0.306 e. The van der Waals surface area contributed by atoms with Crippen LogP contribution in [0.2, 0.25) is 0 Å². The van der Waals surface area contributed by atoms with Crippen molar-refractivity contribution in [3.63, 3.8) is 0 Å². The Hall–Kier alpha value is -0.570. The molecule has 78 valence electrons. The van der Waals surface area contributed by atoms with Crippen LogP contribution in [0.15, 0.2) is 0 Å². The van der Waals surface area contributed by atoms with Crippen LogP contribution in [-0.2, 0) is 14.3 Å². The Bertz CT molecular complexity index is 288. The molecule has 2 bridgehead atoms. The second-order valence-electron chi connectivity index (χ2n) is 5.13. The van der Waals surface area contributed by atoms with E-state index in [-0.39, 0.29) is 17.5 Å². The van der Waals surface area contributed by atoms with E-state index in [0.717, 1.165) is 6.42 Å². The Balaban J connectivity index is 1.97. The molecule has 3 nitrogen and oxygen atoms in total. The van der Waals surface area contributed by atoms with Crippen LogP contribution in [0.1, 0.15) is 26.2 Å². The zero-order valence-electron chi connectivity index (χ0n) is 8.66. The van der Waals surface area contributed by atoms with E-state index in [1.807, 2.05) is 0 Å². The Morgan fingerprint density at radius 3 is 3.00 bits per heavy atom. The van der Waals surface area contributed by atoms with Crippen LogP contribution in [0, 0.1) is 17.3 Å². The summed E-state index contributed by atoms with van der Waals surface area (Å²) in [5, 5.41) is 0. The average molecular weight is 196 g/mol. The lowest BCUT2D eigenvalue weighted by Crippen LogP contribution is -2.32. The molecular formula is C11H16O3. The molecule has 2 aliphatic carbocycles. The van der Waals surface area contributed by atoms with E-state index < -0.39 is 0 Å². The molecule has 0 aromatic carbocycles. The maximum atomic E-state index is 11.2. The fraction of sp³-hybridized carbons (Fsp3) is 0.909. The molecule has 3 heteroatoms. The fourth-order valence-corrected chi connectivity index (χ4v) is 4.01. The molecule has 0 aromatic rings. The van der Waals surface area contributed by atoms with Gasteiger partial charge in [0.2, 0.25) is 0 Å². The zero-order chi connectivity index (χ0) is 9.92. The van der Waals surface area contributed by atoms with Gasteiger partial charge in [-0.25, -0.2) is 0 Å². The van der Waals surface area contributed by atoms with Gasteiger partial charge in [0.1, 0.15) is 6.10 Å². The number of hydrogen-bond donors (Lipinski definition) is 0. The van der Waals surface area contributed by atoms with Gasteiger partial charge in [-0.1, -0.05) is 6.92 Å². The molecule has 0 radical (unpaired) electrons. The van der Waals surface area contributed by atoms with Crippen molar-refractivity contribution >= 4 is 5.97 Å². The van der Waals surface area contributed by atoms with Crippen molar-refractivity contribution in [2.75, 3.05) is 7.11 Å². The van der Waals surface area contributed by atoms with Crippen molar-refractivity contribution in [3.05, 3.63) is 0 Å². The summed E-state index contributed by atoms with van der Waals surface area (Å²) in [4.78, 5) is 11.2. The topological polar surface area (TPSA) is 35.5 Å². The lowest BCUT2D eigenvalue weighted by molar-refractivity contribution is -0.144. The van der Waals surface area contributed by atoms with Gasteiger partial charge in [0, 0.05) is 24.4 Å². The molecule has 2 saturated carbocycles. The predicted octanol–water partition coefficient (Wildman–Crippen LogP) is 1.36. The second kappa shape index (κ2) is 2.51. The Kier molecular flexibility index (Phi) is 1.56. The summed E-state index contributed by atoms with van der Waals surface area (Å²) < 4.78 is 11.0. The molecule has 3 fully saturated rings. The maximum absolute atomic E-state index is 11.2. The number of carbonyl (C=O) groups excluding carboxylic acids is 1. The third-order valence-corrected chi connectivity index (χ3v) is 4.63. The Morgan fingerprint density at radius 2 is 2.36 bits per heavy atom. The Labute approximate surface area is 83.8 Å². The van der Waals surface area contributed by atoms with Gasteiger partial charge in [-0.3, -0.25) is 4.79 Å². The molecular weight excluding hydrogens is 180 g/mol. The molecule has 1 heterocycles. The first-order chi connectivity index (χ1) is 6.66. The summed E-state index contributed by atoms with van der Waals surface area (Å²) in [5.41, 5.74) is 0.191. The van der Waals surface area contributed by atoms with Crippen molar-refractivity contribution < 1.29 is 14.3 Å². The number of esters is 1. The minimum absolute atomic E-state index is 0.00678. The smallest absolute Gasteiger partial charge is 0.306 e. The summed E-state index contributed by atoms with van der Waals surface area (Å²) in [7, 11) is 1.78. The highest BCUT2D eigenvalue weighted by Gasteiger charge is 2.66. The van der Waals surface area contributed by atoms with Crippen molar-refractivity contribution in [3.8, 4) is 0 Å². The van der Waals surface area contributed by atoms with E-state index >= 15 is 0 Å². The van der Waals surface area contributed by atoms with Crippen LogP contribution in [0.5, 0.6) is 0 Å². The monoisotopic (exact) mass is 196 g/mol. The molecule has 0 N–H and O–H groups in total. The molecule has 0 aromatic heterocycles. The van der Waals surface area contributed by atoms with Crippen molar-refractivity contribution in [2.45, 2.75) is 38.4 Å². The molecule has 1 aliphatic heterocycles. The summed E-state index contributed by atoms with van der Waals surface area (Å²) in [5.74, 6) is 0.868. The normalized spacial score (nSPS) is 54.9. The number of carbonyl (C=O) groups is 1. The van der Waals surface area contributed by atoms with Gasteiger partial charge in [-0.2, -0.15) is 0 Å². The summed E-state index contributed by atoms with van der Waals surface area (Å²) in [6.45, 7) is 2.26. The Morgan fingerprint density at radius 1 is 1.57 bits per heavy atom. The first kappa shape index (κ1) is 8.72. The van der Waals surface area contributed by atoms with E-state index in [0.29, 0.717) is 24.4 Å². The van der Waals surface area contributed by atoms with Gasteiger partial charge >= 0.3 is 5.97 Å². The number of ether oxygens (including phenoxy) is 2. The van der Waals surface area contributed by atoms with Crippen LogP contribution in [0.3, 0.4) is 0 Å². The van der Waals surface area contributed by atoms with Crippen molar-refractivity contribution in [1.82, 2.24) is 0 Å². The van der Waals surface area contributed by atoms with Crippen LogP contribution in [0.25, 0.3) is 0 Å². The minimum Gasteiger partial charge on any atom is -0.462 e. The standard InChI is InChI=1S/C11H16O3/c1-11-4-3-6(10(11)13-2)9-7(11)5-8(12)14-9/h6-7,9-10H,3-5H2,1-2H3/t6-,7-,9-,10-,11+/m0/s1. The van der Waals surface area contributed by atoms with Crippen molar-refractivity contribution in [1.29, 1.82) is 0 Å². The van der Waals surface area contributed by atoms with E-state index in [2.05, 4.69) is 6.92 Å². The first-order valence-corrected chi connectivity index (χ1v) is 5.39. The van der Waals surface area contributed by atoms with Gasteiger partial charge in [0.25, 0.3) is 0 Å². The van der Waals surface area contributed by atoms with E-state index in [1.54, 1.807) is 7.11 Å². The molecule has 0 spiro atoms. The second-order valence-corrected chi connectivity index (χ2v) is 5.13. The quantitative estimate of drug-likeness (QED) is 0.594. The van der Waals surface area contributed by atoms with E-state index in [1.165, 1.54) is 6.42 Å². The van der Waals surface area contributed by atoms with Gasteiger partial charge < -0.3 is 9.47 Å². The van der Waals surface area contributed by atoms with E-state index in [4.69, 9.17) is 9.47 Å². The molecule has 3 rings (SSSR count). The molecule has 0 amide bonds. The average Bonchev–Trinajstić information content (AvgIpc) is 2.71. The van der Waals surface area contributed by atoms with Crippen LogP contribution < -0.4 is 0 Å². The van der Waals surface area contributed by atoms with Crippen LogP contribution >= 0.6 is 0 Å². The largest absolute Gasteiger partial charge is 0.462 e. The zero-order valence-corrected chi connectivity index (χ0v) is 8.66. The number of rotatable bonds is 1. The summed E-state index contributed by atoms with van der Waals surface area (Å²) >= 11 is 0. The first-order valence-electron chi connectivity index (χ1n) is 5.39. The highest BCUT2D eigenvalue weighted by molar-refractivity contribution is 5.73. The lowest BCUT2D eigenvalue weighted by atomic mass is 9.74. The summed E-state index contributed by atoms with van der Waals surface area (Å²) in [6.07, 6.45) is 3.42. The fourth-order valence-electron chi connectivity index (χ4n) is 4.01. The third-order valence-electron chi connectivity index (χ3n) is 4.63. The van der Waals surface area contributed by atoms with Gasteiger partial charge in [0.05, 0.1) is 12.5 Å². The van der Waals surface area contributed by atoms with Crippen LogP contribution in [-0.4, -0.2) is 25.3 Å². The molecule has 1 saturated heterocycles. The SMILES string of the molecule is CO[C@H]1[C@H]2CC[C@]1(C)[C@H]1CC(=O)O[C@@H]21. The number of methoxy groups -OCH3 is 1. The number of hydrogen-bond acceptors (Lipinski definition) is 3. The summed E-state index contributed by atoms with van der Waals surface area (Å²) in [6, 6.07) is 0. The lowest BCUT2D eigenvalue weighted by Gasteiger charge is -2.31. The molecule has 5 atom stereocenters. The molecule has 14 heavy (non-hydrogen) atoms. The van der Waals surface area contributed by atoms with Crippen LogP contribution in [0.4, 0.5) is 0 Å². The highest BCUT2D eigenvalue weighted by atomic mass is 16.6. The third kappa shape index (κ3) is 0.800. The van der Waals surface area contributed by atoms with Gasteiger partial charge in [-0.05, 0) is 12.8 Å². The van der Waals surface area contributed by atoms with Crippen molar-refractivity contribution in [2.24, 2.45) is 17.3 Å². The molecule has 3 aliphatic rings. The number of fused-ring (bicyclic) bond motifs is 5. The highest BCUT2D eigenvalue weighted by Crippen LogP contribution is 2.62. The minimum atomic E-state index is -0.00678. The van der Waals surface area contributed by atoms with E-state index in [9.17, 15) is 4.79 Å².